The first-order valence-corrected chi connectivity index (χ1v) is 11.0. The number of anilines is 1. The molecule has 0 amide bonds. The van der Waals surface area contributed by atoms with E-state index in [1.807, 2.05) is 18.2 Å². The molecule has 0 aromatic heterocycles. The second-order valence-electron chi connectivity index (χ2n) is 7.95. The van der Waals surface area contributed by atoms with Crippen molar-refractivity contribution in [1.82, 2.24) is 4.90 Å². The molecule has 1 aliphatic heterocycles. The van der Waals surface area contributed by atoms with Crippen molar-refractivity contribution in [2.45, 2.75) is 56.5 Å². The molecule has 27 heavy (non-hydrogen) atoms. The summed E-state index contributed by atoms with van der Waals surface area (Å²) in [5.41, 5.74) is 2.60. The Bertz CT molecular complexity index is 741. The lowest BCUT2D eigenvalue weighted by Gasteiger charge is -2.44. The highest BCUT2D eigenvalue weighted by Crippen LogP contribution is 2.37. The molecule has 2 nitrogen and oxygen atoms in total. The van der Waals surface area contributed by atoms with Gasteiger partial charge in [0, 0.05) is 30.9 Å². The molecular formula is C23H28Cl2N2. The summed E-state index contributed by atoms with van der Waals surface area (Å²) in [7, 11) is 0. The number of benzene rings is 2. The maximum atomic E-state index is 6.15. The Morgan fingerprint density at radius 3 is 2.30 bits per heavy atom. The van der Waals surface area contributed by atoms with E-state index in [1.54, 1.807) is 0 Å². The van der Waals surface area contributed by atoms with Gasteiger partial charge in [0.15, 0.2) is 0 Å². The van der Waals surface area contributed by atoms with Crippen LogP contribution in [0.25, 0.3) is 0 Å². The molecule has 1 saturated carbocycles. The van der Waals surface area contributed by atoms with Crippen LogP contribution in [0.15, 0.2) is 48.5 Å². The SMILES string of the molecule is Clc1ccc(NC2CCN(C3CCCCC3c3ccccc3)CC2)cc1Cl. The van der Waals surface area contributed by atoms with Gasteiger partial charge < -0.3 is 5.32 Å². The maximum absolute atomic E-state index is 6.15. The highest BCUT2D eigenvalue weighted by Gasteiger charge is 2.33. The first-order chi connectivity index (χ1) is 13.2. The van der Waals surface area contributed by atoms with E-state index in [1.165, 1.54) is 57.2 Å². The number of hydrogen-bond acceptors (Lipinski definition) is 2. The Labute approximate surface area is 172 Å². The lowest BCUT2D eigenvalue weighted by Crippen LogP contribution is -2.47. The molecular weight excluding hydrogens is 375 g/mol. The van der Waals surface area contributed by atoms with E-state index in [-0.39, 0.29) is 0 Å². The van der Waals surface area contributed by atoms with Crippen LogP contribution in [-0.4, -0.2) is 30.1 Å². The summed E-state index contributed by atoms with van der Waals surface area (Å²) in [6.45, 7) is 2.35. The molecule has 1 saturated heterocycles. The third-order valence-corrected chi connectivity index (χ3v) is 6.99. The van der Waals surface area contributed by atoms with E-state index >= 15 is 0 Å². The van der Waals surface area contributed by atoms with Crippen LogP contribution in [0.3, 0.4) is 0 Å². The average Bonchev–Trinajstić information content (AvgIpc) is 2.72. The Kier molecular flexibility index (Phi) is 6.27. The Morgan fingerprint density at radius 1 is 0.815 bits per heavy atom. The molecule has 4 heteroatoms. The topological polar surface area (TPSA) is 15.3 Å². The monoisotopic (exact) mass is 402 g/mol. The average molecular weight is 403 g/mol. The van der Waals surface area contributed by atoms with Crippen LogP contribution in [0.5, 0.6) is 0 Å². The zero-order valence-electron chi connectivity index (χ0n) is 15.7. The molecule has 2 aromatic rings. The zero-order chi connectivity index (χ0) is 18.6. The van der Waals surface area contributed by atoms with Gasteiger partial charge in [-0.25, -0.2) is 0 Å². The van der Waals surface area contributed by atoms with Gasteiger partial charge in [0.1, 0.15) is 0 Å². The predicted molar refractivity (Wildman–Crippen MR) is 116 cm³/mol. The van der Waals surface area contributed by atoms with Crippen LogP contribution < -0.4 is 5.32 Å². The molecule has 144 valence electrons. The number of nitrogens with one attached hydrogen (secondary N) is 1. The lowest BCUT2D eigenvalue weighted by atomic mass is 9.78. The molecule has 0 spiro atoms. The summed E-state index contributed by atoms with van der Waals surface area (Å²) in [4.78, 5) is 2.75. The molecule has 2 fully saturated rings. The second-order valence-corrected chi connectivity index (χ2v) is 8.77. The quantitative estimate of drug-likeness (QED) is 0.619. The smallest absolute Gasteiger partial charge is 0.0612 e. The fourth-order valence-electron chi connectivity index (χ4n) is 4.83. The molecule has 2 aromatic carbocycles. The number of nitrogens with zero attached hydrogens (tertiary/aromatic N) is 1. The molecule has 0 radical (unpaired) electrons. The number of likely N-dealkylation sites (tertiary alicyclic amines) is 1. The lowest BCUT2D eigenvalue weighted by molar-refractivity contribution is 0.109. The maximum Gasteiger partial charge on any atom is 0.0612 e. The number of hydrogen-bond donors (Lipinski definition) is 1. The fourth-order valence-corrected chi connectivity index (χ4v) is 5.13. The van der Waals surface area contributed by atoms with E-state index in [0.29, 0.717) is 28.0 Å². The van der Waals surface area contributed by atoms with Crippen molar-refractivity contribution in [2.75, 3.05) is 18.4 Å². The molecule has 4 rings (SSSR count). The van der Waals surface area contributed by atoms with Gasteiger partial charge >= 0.3 is 0 Å². The summed E-state index contributed by atoms with van der Waals surface area (Å²) in [5.74, 6) is 0.694. The van der Waals surface area contributed by atoms with Crippen molar-refractivity contribution in [2.24, 2.45) is 0 Å². The fraction of sp³-hybridized carbons (Fsp3) is 0.478. The van der Waals surface area contributed by atoms with Gasteiger partial charge in [0.05, 0.1) is 10.0 Å². The number of rotatable bonds is 4. The van der Waals surface area contributed by atoms with E-state index in [0.717, 1.165) is 5.69 Å². The van der Waals surface area contributed by atoms with E-state index in [2.05, 4.69) is 40.5 Å². The summed E-state index contributed by atoms with van der Waals surface area (Å²) in [5, 5.41) is 4.88. The van der Waals surface area contributed by atoms with Gasteiger partial charge in [-0.2, -0.15) is 0 Å². The van der Waals surface area contributed by atoms with E-state index < -0.39 is 0 Å². The minimum atomic E-state index is 0.511. The number of piperidine rings is 1. The van der Waals surface area contributed by atoms with Crippen LogP contribution in [0.1, 0.15) is 50.0 Å². The minimum absolute atomic E-state index is 0.511. The molecule has 2 aliphatic rings. The van der Waals surface area contributed by atoms with Crippen LogP contribution >= 0.6 is 23.2 Å². The Morgan fingerprint density at radius 2 is 1.56 bits per heavy atom. The van der Waals surface area contributed by atoms with Crippen molar-refractivity contribution in [3.8, 4) is 0 Å². The molecule has 2 unspecified atom stereocenters. The minimum Gasteiger partial charge on any atom is -0.382 e. The van der Waals surface area contributed by atoms with Crippen molar-refractivity contribution in [1.29, 1.82) is 0 Å². The third-order valence-electron chi connectivity index (χ3n) is 6.25. The van der Waals surface area contributed by atoms with Gasteiger partial charge in [-0.3, -0.25) is 4.90 Å². The van der Waals surface area contributed by atoms with E-state index in [9.17, 15) is 0 Å². The Balaban J connectivity index is 1.37. The standard InChI is InChI=1S/C23H28Cl2N2/c24-21-11-10-19(16-22(21)25)26-18-12-14-27(15-13-18)23-9-5-4-8-20(23)17-6-2-1-3-7-17/h1-3,6-7,10-11,16,18,20,23,26H,4-5,8-9,12-15H2. The van der Waals surface area contributed by atoms with Crippen molar-refractivity contribution in [3.05, 3.63) is 64.1 Å². The summed E-state index contributed by atoms with van der Waals surface area (Å²) >= 11 is 12.2. The molecule has 1 heterocycles. The summed E-state index contributed by atoms with van der Waals surface area (Å²) in [6, 6.07) is 18.2. The van der Waals surface area contributed by atoms with Gasteiger partial charge in [0.2, 0.25) is 0 Å². The first kappa shape index (κ1) is 19.1. The largest absolute Gasteiger partial charge is 0.382 e. The molecule has 2 atom stereocenters. The molecule has 1 aliphatic carbocycles. The molecule has 0 bridgehead atoms. The highest BCUT2D eigenvalue weighted by atomic mass is 35.5. The van der Waals surface area contributed by atoms with Crippen molar-refractivity contribution in [3.63, 3.8) is 0 Å². The highest BCUT2D eigenvalue weighted by molar-refractivity contribution is 6.42. The van der Waals surface area contributed by atoms with Gasteiger partial charge in [0.25, 0.3) is 0 Å². The molecule has 1 N–H and O–H groups in total. The van der Waals surface area contributed by atoms with Gasteiger partial charge in [-0.05, 0) is 55.4 Å². The van der Waals surface area contributed by atoms with Gasteiger partial charge in [-0.1, -0.05) is 66.4 Å². The first-order valence-electron chi connectivity index (χ1n) is 10.2. The van der Waals surface area contributed by atoms with E-state index in [4.69, 9.17) is 23.2 Å². The third kappa shape index (κ3) is 4.62. The van der Waals surface area contributed by atoms with Crippen LogP contribution in [0, 0.1) is 0 Å². The van der Waals surface area contributed by atoms with Crippen molar-refractivity contribution < 1.29 is 0 Å². The zero-order valence-corrected chi connectivity index (χ0v) is 17.2. The predicted octanol–water partition coefficient (Wildman–Crippen LogP) is 6.60. The van der Waals surface area contributed by atoms with Crippen molar-refractivity contribution >= 4 is 28.9 Å². The summed E-state index contributed by atoms with van der Waals surface area (Å²) in [6.07, 6.45) is 7.76. The van der Waals surface area contributed by atoms with Gasteiger partial charge in [-0.15, -0.1) is 0 Å². The van der Waals surface area contributed by atoms with Crippen LogP contribution in [-0.2, 0) is 0 Å². The summed E-state index contributed by atoms with van der Waals surface area (Å²) < 4.78 is 0. The van der Waals surface area contributed by atoms with Crippen LogP contribution in [0.4, 0.5) is 5.69 Å². The normalized spacial score (nSPS) is 24.7. The van der Waals surface area contributed by atoms with Crippen LogP contribution in [0.2, 0.25) is 10.0 Å². The second kappa shape index (κ2) is 8.86. The Hall–Kier alpha value is -1.22. The number of halogens is 2.